The van der Waals surface area contributed by atoms with Crippen molar-refractivity contribution in [2.75, 3.05) is 9.80 Å². The van der Waals surface area contributed by atoms with Crippen molar-refractivity contribution >= 4 is 65.3 Å². The first-order valence-corrected chi connectivity index (χ1v) is 23.9. The van der Waals surface area contributed by atoms with E-state index in [4.69, 9.17) is 9.72 Å². The number of thiophene rings is 1. The molecule has 340 valence electrons. The maximum atomic E-state index is 6.76. The Morgan fingerprint density at radius 2 is 1.14 bits per heavy atom. The van der Waals surface area contributed by atoms with Gasteiger partial charge in [-0.05, 0) is 88.5 Å². The summed E-state index contributed by atoms with van der Waals surface area (Å²) in [5, 5.41) is 2.31. The van der Waals surface area contributed by atoms with Gasteiger partial charge < -0.3 is 19.1 Å². The Kier molecular flexibility index (Phi) is 11.3. The van der Waals surface area contributed by atoms with Crippen molar-refractivity contribution in [3.05, 3.63) is 224 Å². The van der Waals surface area contributed by atoms with E-state index >= 15 is 0 Å². The van der Waals surface area contributed by atoms with Crippen LogP contribution in [0, 0.1) is 32.6 Å². The molecule has 0 unspecified atom stereocenters. The van der Waals surface area contributed by atoms with Gasteiger partial charge in [-0.15, -0.1) is 54.0 Å². The third-order valence-corrected chi connectivity index (χ3v) is 14.5. The van der Waals surface area contributed by atoms with Crippen LogP contribution in [0.1, 0.15) is 37.5 Å². The molecule has 0 atom stereocenters. The molecule has 1 aliphatic rings. The normalized spacial score (nSPS) is 12.5. The molecule has 0 fully saturated rings. The fourth-order valence-corrected chi connectivity index (χ4v) is 11.3. The number of anilines is 4. The van der Waals surface area contributed by atoms with Crippen LogP contribution in [0.3, 0.4) is 0 Å². The van der Waals surface area contributed by atoms with E-state index in [1.807, 2.05) is 24.4 Å². The molecule has 1 aliphatic heterocycles. The van der Waals surface area contributed by atoms with E-state index in [1.165, 1.54) is 53.7 Å². The molecule has 0 N–H and O–H groups in total. The fraction of sp³-hybridized carbons (Fsp3) is 0.0968. The zero-order chi connectivity index (χ0) is 46.1. The van der Waals surface area contributed by atoms with Crippen LogP contribution in [0.4, 0.5) is 22.7 Å². The fourth-order valence-electron chi connectivity index (χ4n) is 10.1. The Morgan fingerprint density at radius 1 is 0.565 bits per heavy atom. The molecular weight excluding hydrogens is 1040 g/mol. The zero-order valence-electron chi connectivity index (χ0n) is 38.9. The van der Waals surface area contributed by atoms with Gasteiger partial charge in [0.05, 0.1) is 5.52 Å². The summed E-state index contributed by atoms with van der Waals surface area (Å²) in [6.07, 6.45) is 1.92. The van der Waals surface area contributed by atoms with Crippen molar-refractivity contribution < 1.29 is 25.8 Å². The monoisotopic (exact) mass is 1090 g/mol. The molecule has 3 aromatic heterocycles. The molecule has 12 rings (SSSR count). The van der Waals surface area contributed by atoms with Gasteiger partial charge in [-0.1, -0.05) is 153 Å². The van der Waals surface area contributed by atoms with Crippen LogP contribution in [-0.4, -0.2) is 9.55 Å². The van der Waals surface area contributed by atoms with E-state index < -0.39 is 0 Å². The van der Waals surface area contributed by atoms with E-state index in [2.05, 4.69) is 232 Å². The predicted molar refractivity (Wildman–Crippen MR) is 284 cm³/mol. The predicted octanol–water partition coefficient (Wildman–Crippen LogP) is 17.1. The van der Waals surface area contributed by atoms with Crippen molar-refractivity contribution in [1.82, 2.24) is 9.55 Å². The van der Waals surface area contributed by atoms with Gasteiger partial charge in [0, 0.05) is 81.7 Å². The number of pyridine rings is 1. The topological polar surface area (TPSA) is 33.5 Å². The van der Waals surface area contributed by atoms with Crippen LogP contribution in [0.2, 0.25) is 0 Å². The number of rotatable bonds is 8. The number of ether oxygens (including phenoxy) is 1. The number of hydrogen-bond acceptors (Lipinski definition) is 5. The standard InChI is InChI=1S/C62H47N4OS.Pt/c1-40-56(42-20-9-6-10-21-42)41(2)58(44-24-13-8-14-25-44)60(57(40)43-22-11-7-12-23-43)65-39-64(51-29-16-17-30-52(51)65)46-26-19-27-47(37-46)67-48-32-33-49-53(38-48)66(55-36-45(34-35-63-55)62(3,4)5)59-50-28-15-18-31-54(50)68-61(49)59;/h6-36,39H,1-5H3;/q-3;. The molecule has 5 nitrogen and oxygen atoms in total. The largest absolute Gasteiger partial charge is 0.509 e. The third kappa shape index (κ3) is 7.63. The average molecular weight is 1090 g/mol. The molecule has 8 aromatic carbocycles. The molecule has 0 bridgehead atoms. The van der Waals surface area contributed by atoms with Crippen molar-refractivity contribution in [2.24, 2.45) is 0 Å². The first-order valence-electron chi connectivity index (χ1n) is 23.1. The van der Waals surface area contributed by atoms with E-state index in [1.54, 1.807) is 11.3 Å². The van der Waals surface area contributed by atoms with Crippen molar-refractivity contribution in [3.63, 3.8) is 0 Å². The molecule has 0 saturated heterocycles. The molecule has 0 amide bonds. The molecule has 11 aromatic rings. The van der Waals surface area contributed by atoms with Gasteiger partial charge >= 0.3 is 0 Å². The van der Waals surface area contributed by atoms with Gasteiger partial charge in [-0.2, -0.15) is 12.1 Å². The minimum atomic E-state index is -0.0428. The molecular formula is C62H47N4OPtS-3. The number of nitrogens with zero attached hydrogens (tertiary/aromatic N) is 4. The van der Waals surface area contributed by atoms with Gasteiger partial charge in [0.2, 0.25) is 0 Å². The van der Waals surface area contributed by atoms with E-state index in [9.17, 15) is 0 Å². The van der Waals surface area contributed by atoms with E-state index in [0.29, 0.717) is 11.5 Å². The molecule has 7 heteroatoms. The van der Waals surface area contributed by atoms with Gasteiger partial charge in [0.15, 0.2) is 0 Å². The van der Waals surface area contributed by atoms with Crippen molar-refractivity contribution in [3.8, 4) is 50.7 Å². The van der Waals surface area contributed by atoms with Crippen LogP contribution in [-0.2, 0) is 26.5 Å². The second-order valence-electron chi connectivity index (χ2n) is 18.5. The zero-order valence-corrected chi connectivity index (χ0v) is 42.0. The van der Waals surface area contributed by atoms with Gasteiger partial charge in [0.25, 0.3) is 0 Å². The SMILES string of the molecule is Cc1c(-c2ccccc2)c(C)c(-c2ccccc2)c(N2[CH-]N(c3[c-]c(Oc4[c-]c5c(cc4)c4sc6ccccc6c4n5-c4cc(C(C)(C)C)ccn4)ccc3)c3ccccc32)c1-c1ccccc1.[Pt]. The molecule has 0 spiro atoms. The minimum absolute atomic E-state index is 0. The van der Waals surface area contributed by atoms with E-state index in [0.717, 1.165) is 56.1 Å². The van der Waals surface area contributed by atoms with Crippen LogP contribution in [0.15, 0.2) is 188 Å². The smallest absolute Gasteiger partial charge is 0.135 e. The van der Waals surface area contributed by atoms with Crippen LogP contribution in [0.25, 0.3) is 70.4 Å². The minimum Gasteiger partial charge on any atom is -0.509 e. The maximum Gasteiger partial charge on any atom is 0.135 e. The molecule has 69 heavy (non-hydrogen) atoms. The van der Waals surface area contributed by atoms with Gasteiger partial charge in [-0.3, -0.25) is 0 Å². The van der Waals surface area contributed by atoms with Crippen LogP contribution in [0.5, 0.6) is 11.5 Å². The Hall–Kier alpha value is -7.24. The van der Waals surface area contributed by atoms with E-state index in [-0.39, 0.29) is 26.5 Å². The van der Waals surface area contributed by atoms with Crippen molar-refractivity contribution in [2.45, 2.75) is 40.0 Å². The molecule has 0 aliphatic carbocycles. The van der Waals surface area contributed by atoms with Crippen LogP contribution < -0.4 is 14.5 Å². The number of benzene rings is 8. The summed E-state index contributed by atoms with van der Waals surface area (Å²) < 4.78 is 11.5. The number of aromatic nitrogens is 2. The summed E-state index contributed by atoms with van der Waals surface area (Å²) in [4.78, 5) is 9.57. The second-order valence-corrected chi connectivity index (χ2v) is 19.6. The Labute approximate surface area is 422 Å². The Morgan fingerprint density at radius 3 is 1.80 bits per heavy atom. The van der Waals surface area contributed by atoms with Crippen LogP contribution >= 0.6 is 11.3 Å². The molecule has 0 saturated carbocycles. The van der Waals surface area contributed by atoms with Gasteiger partial charge in [-0.25, -0.2) is 4.98 Å². The summed E-state index contributed by atoms with van der Waals surface area (Å²) >= 11 is 1.81. The van der Waals surface area contributed by atoms with Gasteiger partial charge in [0.1, 0.15) is 5.82 Å². The number of para-hydroxylation sites is 2. The Balaban J connectivity index is 0.00000520. The summed E-state index contributed by atoms with van der Waals surface area (Å²) in [5.41, 5.74) is 16.9. The average Bonchev–Trinajstić information content (AvgIpc) is 4.04. The molecule has 4 heterocycles. The first kappa shape index (κ1) is 44.3. The Bertz CT molecular complexity index is 3640. The first-order chi connectivity index (χ1) is 33.2. The summed E-state index contributed by atoms with van der Waals surface area (Å²) in [6.45, 7) is 13.5. The summed E-state index contributed by atoms with van der Waals surface area (Å²) in [5.74, 6) is 2.06. The quantitative estimate of drug-likeness (QED) is 0.142. The number of hydrogen-bond donors (Lipinski definition) is 0. The molecule has 0 radical (unpaired) electrons. The number of fused-ring (bicyclic) bond motifs is 6. The van der Waals surface area contributed by atoms with Crippen molar-refractivity contribution in [1.29, 1.82) is 0 Å². The summed E-state index contributed by atoms with van der Waals surface area (Å²) in [6, 6.07) is 71.7. The summed E-state index contributed by atoms with van der Waals surface area (Å²) in [7, 11) is 0. The maximum absolute atomic E-state index is 6.76. The third-order valence-electron chi connectivity index (χ3n) is 13.3. The second kappa shape index (κ2) is 17.7.